The van der Waals surface area contributed by atoms with E-state index in [1.165, 1.54) is 9.80 Å². The maximum Gasteiger partial charge on any atom is 0.253 e. The molecule has 3 amide bonds. The van der Waals surface area contributed by atoms with Crippen molar-refractivity contribution in [3.05, 3.63) is 84.9 Å². The SMILES string of the molecule is C=CCN(C(=O)[C@H]1[C@H]2C(=O)N([C@H](C)CO)C(C(=O)N(CC=C)c3ccccc3Cl)C23CC(C)[C@]1(C)O3)c1ccccc1. The summed E-state index contributed by atoms with van der Waals surface area (Å²) in [7, 11) is 0. The van der Waals surface area contributed by atoms with Crippen molar-refractivity contribution in [1.29, 1.82) is 0 Å². The van der Waals surface area contributed by atoms with Crippen molar-refractivity contribution in [2.45, 2.75) is 50.5 Å². The lowest BCUT2D eigenvalue weighted by Gasteiger charge is -2.39. The van der Waals surface area contributed by atoms with Crippen LogP contribution in [0, 0.1) is 17.8 Å². The van der Waals surface area contributed by atoms with Gasteiger partial charge in [0.05, 0.1) is 40.8 Å². The Balaban J connectivity index is 1.65. The number of hydrogen-bond acceptors (Lipinski definition) is 5. The molecule has 0 saturated carbocycles. The average molecular weight is 592 g/mol. The summed E-state index contributed by atoms with van der Waals surface area (Å²) in [6.45, 7) is 13.3. The van der Waals surface area contributed by atoms with Crippen molar-refractivity contribution in [1.82, 2.24) is 4.90 Å². The first-order valence-corrected chi connectivity index (χ1v) is 14.7. The summed E-state index contributed by atoms with van der Waals surface area (Å²) in [6, 6.07) is 14.5. The van der Waals surface area contributed by atoms with Gasteiger partial charge >= 0.3 is 0 Å². The Bertz CT molecular complexity index is 1400. The number of hydrogen-bond donors (Lipinski definition) is 1. The Morgan fingerprint density at radius 3 is 2.33 bits per heavy atom. The second-order valence-electron chi connectivity index (χ2n) is 11.7. The molecule has 3 heterocycles. The second kappa shape index (κ2) is 11.3. The van der Waals surface area contributed by atoms with Crippen LogP contribution in [-0.4, -0.2) is 70.7 Å². The highest BCUT2D eigenvalue weighted by Crippen LogP contribution is 2.66. The van der Waals surface area contributed by atoms with E-state index in [9.17, 15) is 19.5 Å². The van der Waals surface area contributed by atoms with Crippen LogP contribution in [0.2, 0.25) is 5.02 Å². The molecule has 222 valence electrons. The Kier molecular flexibility index (Phi) is 8.09. The smallest absolute Gasteiger partial charge is 0.253 e. The van der Waals surface area contributed by atoms with Crippen LogP contribution < -0.4 is 9.80 Å². The topological polar surface area (TPSA) is 90.4 Å². The molecule has 3 aliphatic heterocycles. The number of aliphatic hydroxyl groups is 1. The minimum absolute atomic E-state index is 0.135. The first-order chi connectivity index (χ1) is 20.1. The van der Waals surface area contributed by atoms with Crippen LogP contribution >= 0.6 is 11.6 Å². The summed E-state index contributed by atoms with van der Waals surface area (Å²) in [4.78, 5) is 48.3. The number of anilines is 2. The fraction of sp³-hybridized carbons (Fsp3) is 0.424. The van der Waals surface area contributed by atoms with E-state index in [2.05, 4.69) is 13.2 Å². The second-order valence-corrected chi connectivity index (χ2v) is 12.2. The number of halogens is 1. The van der Waals surface area contributed by atoms with Gasteiger partial charge in [-0.2, -0.15) is 0 Å². The highest BCUT2D eigenvalue weighted by atomic mass is 35.5. The molecule has 0 aromatic heterocycles. The van der Waals surface area contributed by atoms with E-state index in [0.717, 1.165) is 0 Å². The van der Waals surface area contributed by atoms with Crippen LogP contribution in [0.5, 0.6) is 0 Å². The number of likely N-dealkylation sites (tertiary alicyclic amines) is 1. The Hall–Kier alpha value is -3.46. The lowest BCUT2D eigenvalue weighted by atomic mass is 9.62. The van der Waals surface area contributed by atoms with E-state index in [1.807, 2.05) is 44.2 Å². The molecule has 8 nitrogen and oxygen atoms in total. The zero-order valence-electron chi connectivity index (χ0n) is 24.3. The lowest BCUT2D eigenvalue weighted by Crippen LogP contribution is -2.58. The van der Waals surface area contributed by atoms with Crippen LogP contribution in [-0.2, 0) is 19.1 Å². The molecule has 3 saturated heterocycles. The first-order valence-electron chi connectivity index (χ1n) is 14.3. The number of fused-ring (bicyclic) bond motifs is 1. The molecule has 5 rings (SSSR count). The molecule has 42 heavy (non-hydrogen) atoms. The summed E-state index contributed by atoms with van der Waals surface area (Å²) in [6.07, 6.45) is 3.66. The van der Waals surface area contributed by atoms with Gasteiger partial charge in [-0.1, -0.05) is 61.0 Å². The van der Waals surface area contributed by atoms with Crippen LogP contribution in [0.1, 0.15) is 27.2 Å². The summed E-state index contributed by atoms with van der Waals surface area (Å²) < 4.78 is 6.88. The van der Waals surface area contributed by atoms with Gasteiger partial charge in [0, 0.05) is 18.8 Å². The molecule has 2 aromatic rings. The number of aliphatic hydroxyl groups excluding tert-OH is 1. The molecule has 1 spiro atoms. The Morgan fingerprint density at radius 2 is 1.71 bits per heavy atom. The Labute approximate surface area is 252 Å². The molecular weight excluding hydrogens is 554 g/mol. The van der Waals surface area contributed by atoms with Gasteiger partial charge in [-0.25, -0.2) is 0 Å². The van der Waals surface area contributed by atoms with E-state index in [1.54, 1.807) is 48.2 Å². The fourth-order valence-corrected chi connectivity index (χ4v) is 7.61. The van der Waals surface area contributed by atoms with Gasteiger partial charge in [-0.3, -0.25) is 14.4 Å². The number of carbonyl (C=O) groups is 3. The highest BCUT2D eigenvalue weighted by molar-refractivity contribution is 6.34. The van der Waals surface area contributed by atoms with Crippen molar-refractivity contribution >= 4 is 40.7 Å². The van der Waals surface area contributed by atoms with Gasteiger partial charge in [0.25, 0.3) is 5.91 Å². The van der Waals surface area contributed by atoms with Gasteiger partial charge < -0.3 is 24.5 Å². The number of benzene rings is 2. The third-order valence-electron chi connectivity index (χ3n) is 9.36. The number of amides is 3. The van der Waals surface area contributed by atoms with Gasteiger partial charge in [-0.15, -0.1) is 13.2 Å². The molecule has 3 aliphatic rings. The predicted molar refractivity (Wildman–Crippen MR) is 163 cm³/mol. The summed E-state index contributed by atoms with van der Waals surface area (Å²) >= 11 is 6.54. The van der Waals surface area contributed by atoms with Gasteiger partial charge in [0.2, 0.25) is 11.8 Å². The monoisotopic (exact) mass is 591 g/mol. The third kappa shape index (κ3) is 4.39. The van der Waals surface area contributed by atoms with E-state index in [4.69, 9.17) is 16.3 Å². The normalized spacial score (nSPS) is 30.1. The van der Waals surface area contributed by atoms with E-state index in [0.29, 0.717) is 22.8 Å². The van der Waals surface area contributed by atoms with Crippen LogP contribution in [0.3, 0.4) is 0 Å². The van der Waals surface area contributed by atoms with Crippen molar-refractivity contribution in [3.8, 4) is 0 Å². The number of rotatable bonds is 10. The molecule has 3 unspecified atom stereocenters. The number of ether oxygens (including phenoxy) is 1. The van der Waals surface area contributed by atoms with E-state index in [-0.39, 0.29) is 37.4 Å². The Morgan fingerprint density at radius 1 is 1.10 bits per heavy atom. The molecule has 2 bridgehead atoms. The fourth-order valence-electron chi connectivity index (χ4n) is 7.38. The molecule has 1 N–H and O–H groups in total. The zero-order valence-corrected chi connectivity index (χ0v) is 25.0. The largest absolute Gasteiger partial charge is 0.394 e. The van der Waals surface area contributed by atoms with Gasteiger partial charge in [0.1, 0.15) is 11.6 Å². The molecule has 0 radical (unpaired) electrons. The van der Waals surface area contributed by atoms with E-state index < -0.39 is 41.0 Å². The number of nitrogens with zero attached hydrogens (tertiary/aromatic N) is 3. The van der Waals surface area contributed by atoms with Crippen molar-refractivity contribution in [2.24, 2.45) is 17.8 Å². The maximum absolute atomic E-state index is 14.7. The predicted octanol–water partition coefficient (Wildman–Crippen LogP) is 4.47. The first kappa shape index (κ1) is 30.0. The van der Waals surface area contributed by atoms with Crippen LogP contribution in [0.4, 0.5) is 11.4 Å². The summed E-state index contributed by atoms with van der Waals surface area (Å²) in [5.74, 6) is -2.92. The van der Waals surface area contributed by atoms with Crippen LogP contribution in [0.15, 0.2) is 79.9 Å². The average Bonchev–Trinajstić information content (AvgIpc) is 3.51. The summed E-state index contributed by atoms with van der Waals surface area (Å²) in [5, 5.41) is 10.6. The molecule has 3 fully saturated rings. The van der Waals surface area contributed by atoms with Gasteiger partial charge in [0.15, 0.2) is 0 Å². The highest BCUT2D eigenvalue weighted by Gasteiger charge is 2.80. The molecule has 7 atom stereocenters. The molecule has 0 aliphatic carbocycles. The van der Waals surface area contributed by atoms with Crippen molar-refractivity contribution in [3.63, 3.8) is 0 Å². The molecule has 9 heteroatoms. The lowest BCUT2D eigenvalue weighted by molar-refractivity contribution is -0.148. The van der Waals surface area contributed by atoms with Crippen molar-refractivity contribution < 1.29 is 24.2 Å². The number of carbonyl (C=O) groups excluding carboxylic acids is 3. The van der Waals surface area contributed by atoms with E-state index >= 15 is 0 Å². The zero-order chi connectivity index (χ0) is 30.4. The van der Waals surface area contributed by atoms with Gasteiger partial charge in [-0.05, 0) is 50.5 Å². The maximum atomic E-state index is 14.7. The third-order valence-corrected chi connectivity index (χ3v) is 9.68. The molecule has 2 aromatic carbocycles. The number of para-hydroxylation sites is 2. The standard InChI is InChI=1S/C33H38ClN3O5/c1-6-17-35(23-13-9-8-10-14-23)29(39)26-27-30(40)37(22(4)20-38)28(33(27)19-21(3)32(26,5)42-33)31(41)36(18-7-2)25-16-12-11-15-24(25)34/h6-16,21-22,26-28,38H,1-2,17-20H2,3-5H3/t21?,22-,26-,27+,28?,32+,33?/m1/s1. The minimum atomic E-state index is -1.27. The quantitative estimate of drug-likeness (QED) is 0.412. The van der Waals surface area contributed by atoms with Crippen molar-refractivity contribution in [2.75, 3.05) is 29.5 Å². The molecular formula is C33H38ClN3O5. The van der Waals surface area contributed by atoms with Crippen LogP contribution in [0.25, 0.3) is 0 Å². The minimum Gasteiger partial charge on any atom is -0.394 e. The summed E-state index contributed by atoms with van der Waals surface area (Å²) in [5.41, 5.74) is -1.10.